The lowest BCUT2D eigenvalue weighted by molar-refractivity contribution is 0.602. The monoisotopic (exact) mass is 306 g/mol. The lowest BCUT2D eigenvalue weighted by Gasteiger charge is -2.00. The summed E-state index contributed by atoms with van der Waals surface area (Å²) < 4.78 is 22.9. The molecule has 3 aromatic rings. The number of hydrogen-bond acceptors (Lipinski definition) is 3. The number of pyridine rings is 1. The Morgan fingerprint density at radius 2 is 1.85 bits per heavy atom. The summed E-state index contributed by atoms with van der Waals surface area (Å²) in [5, 5.41) is 1.38. The number of aromatic amines is 1. The van der Waals surface area contributed by atoms with Gasteiger partial charge in [0.25, 0.3) is 0 Å². The van der Waals surface area contributed by atoms with Crippen LogP contribution in [-0.2, 0) is 9.84 Å². The summed E-state index contributed by atoms with van der Waals surface area (Å²) in [6, 6.07) is 10.5. The number of nitrogens with one attached hydrogen (secondary N) is 1. The first-order chi connectivity index (χ1) is 9.43. The predicted molar refractivity (Wildman–Crippen MR) is 79.6 cm³/mol. The molecule has 4 nitrogen and oxygen atoms in total. The van der Waals surface area contributed by atoms with Crippen molar-refractivity contribution >= 4 is 32.3 Å². The molecule has 0 fully saturated rings. The third-order valence-electron chi connectivity index (χ3n) is 3.06. The fourth-order valence-electron chi connectivity index (χ4n) is 2.04. The van der Waals surface area contributed by atoms with Crippen LogP contribution in [-0.4, -0.2) is 24.6 Å². The van der Waals surface area contributed by atoms with Crippen LogP contribution < -0.4 is 0 Å². The Morgan fingerprint density at radius 1 is 1.15 bits per heavy atom. The second-order valence-electron chi connectivity index (χ2n) is 4.57. The van der Waals surface area contributed by atoms with Gasteiger partial charge in [-0.3, -0.25) is 0 Å². The SMILES string of the molecule is CS(=O)(=O)c1ccc(-c2cc3cnc(Cl)cc3[nH]2)cc1. The average molecular weight is 307 g/mol. The van der Waals surface area contributed by atoms with Gasteiger partial charge in [-0.1, -0.05) is 23.7 Å². The van der Waals surface area contributed by atoms with Gasteiger partial charge < -0.3 is 4.98 Å². The van der Waals surface area contributed by atoms with Crippen LogP contribution in [0.15, 0.2) is 47.5 Å². The molecule has 1 aromatic carbocycles. The molecule has 1 N–H and O–H groups in total. The number of hydrogen-bond donors (Lipinski definition) is 1. The Bertz CT molecular complexity index is 883. The van der Waals surface area contributed by atoms with E-state index >= 15 is 0 Å². The second kappa shape index (κ2) is 4.61. The molecule has 3 rings (SSSR count). The minimum atomic E-state index is -3.17. The van der Waals surface area contributed by atoms with Crippen molar-refractivity contribution in [3.05, 3.63) is 47.7 Å². The molecule has 2 heterocycles. The van der Waals surface area contributed by atoms with Gasteiger partial charge >= 0.3 is 0 Å². The minimum Gasteiger partial charge on any atom is -0.354 e. The topological polar surface area (TPSA) is 62.8 Å². The van der Waals surface area contributed by atoms with Gasteiger partial charge in [-0.2, -0.15) is 0 Å². The van der Waals surface area contributed by atoms with E-state index in [0.717, 1.165) is 22.2 Å². The van der Waals surface area contributed by atoms with E-state index in [0.29, 0.717) is 10.0 Å². The Morgan fingerprint density at radius 3 is 2.50 bits per heavy atom. The molecule has 20 heavy (non-hydrogen) atoms. The van der Waals surface area contributed by atoms with E-state index in [1.54, 1.807) is 36.5 Å². The quantitative estimate of drug-likeness (QED) is 0.739. The Hall–Kier alpha value is -1.85. The van der Waals surface area contributed by atoms with Crippen LogP contribution in [0.3, 0.4) is 0 Å². The summed E-state index contributed by atoms with van der Waals surface area (Å²) in [6.07, 6.45) is 2.89. The van der Waals surface area contributed by atoms with Crippen molar-refractivity contribution in [2.24, 2.45) is 0 Å². The standard InChI is InChI=1S/C14H11ClN2O2S/c1-20(18,19)11-4-2-9(3-5-11)12-6-10-8-16-14(15)7-13(10)17-12/h2-8,17H,1H3. The molecule has 0 radical (unpaired) electrons. The number of halogens is 1. The largest absolute Gasteiger partial charge is 0.354 e. The zero-order valence-electron chi connectivity index (χ0n) is 10.6. The summed E-state index contributed by atoms with van der Waals surface area (Å²) in [6.45, 7) is 0. The van der Waals surface area contributed by atoms with Crippen molar-refractivity contribution in [1.29, 1.82) is 0 Å². The van der Waals surface area contributed by atoms with Crippen LogP contribution in [0.4, 0.5) is 0 Å². The first-order valence-corrected chi connectivity index (χ1v) is 8.15. The predicted octanol–water partition coefficient (Wildman–Crippen LogP) is 3.29. The molecule has 102 valence electrons. The van der Waals surface area contributed by atoms with Crippen molar-refractivity contribution in [3.8, 4) is 11.3 Å². The van der Waals surface area contributed by atoms with Gasteiger partial charge in [0.2, 0.25) is 0 Å². The Labute approximate surface area is 121 Å². The lowest BCUT2D eigenvalue weighted by Crippen LogP contribution is -1.96. The van der Waals surface area contributed by atoms with E-state index in [1.165, 1.54) is 6.26 Å². The van der Waals surface area contributed by atoms with Crippen molar-refractivity contribution < 1.29 is 8.42 Å². The lowest BCUT2D eigenvalue weighted by atomic mass is 10.1. The Balaban J connectivity index is 2.07. The first kappa shape index (κ1) is 13.1. The van der Waals surface area contributed by atoms with Crippen LogP contribution in [0.25, 0.3) is 22.2 Å². The maximum Gasteiger partial charge on any atom is 0.175 e. The Kier molecular flexibility index (Phi) is 3.03. The van der Waals surface area contributed by atoms with Gasteiger partial charge in [-0.05, 0) is 29.8 Å². The van der Waals surface area contributed by atoms with E-state index in [-0.39, 0.29) is 0 Å². The van der Waals surface area contributed by atoms with Crippen molar-refractivity contribution in [1.82, 2.24) is 9.97 Å². The van der Waals surface area contributed by atoms with E-state index in [2.05, 4.69) is 9.97 Å². The van der Waals surface area contributed by atoms with Crippen LogP contribution in [0.2, 0.25) is 5.15 Å². The molecule has 0 saturated carbocycles. The zero-order chi connectivity index (χ0) is 14.3. The summed E-state index contributed by atoms with van der Waals surface area (Å²) >= 11 is 5.85. The van der Waals surface area contributed by atoms with E-state index in [9.17, 15) is 8.42 Å². The molecule has 0 spiro atoms. The molecule has 6 heteroatoms. The fourth-order valence-corrected chi connectivity index (χ4v) is 2.83. The molecule has 2 aromatic heterocycles. The summed E-state index contributed by atoms with van der Waals surface area (Å²) in [7, 11) is -3.17. The number of nitrogens with zero attached hydrogens (tertiary/aromatic N) is 1. The molecular formula is C14H11ClN2O2S. The van der Waals surface area contributed by atoms with Gasteiger partial charge in [0, 0.05) is 23.5 Å². The molecule has 0 aliphatic carbocycles. The van der Waals surface area contributed by atoms with Crippen LogP contribution in [0.1, 0.15) is 0 Å². The zero-order valence-corrected chi connectivity index (χ0v) is 12.2. The molecule has 0 atom stereocenters. The number of benzene rings is 1. The first-order valence-electron chi connectivity index (χ1n) is 5.88. The summed E-state index contributed by atoms with van der Waals surface area (Å²) in [5.74, 6) is 0. The molecule has 0 unspecified atom stereocenters. The van der Waals surface area contributed by atoms with Crippen LogP contribution in [0, 0.1) is 0 Å². The van der Waals surface area contributed by atoms with Crippen molar-refractivity contribution in [2.75, 3.05) is 6.26 Å². The van der Waals surface area contributed by atoms with Crippen molar-refractivity contribution in [3.63, 3.8) is 0 Å². The van der Waals surface area contributed by atoms with Gasteiger partial charge in [0.1, 0.15) is 5.15 Å². The maximum absolute atomic E-state index is 11.4. The fraction of sp³-hybridized carbons (Fsp3) is 0.0714. The number of sulfone groups is 1. The van der Waals surface area contributed by atoms with Crippen LogP contribution >= 0.6 is 11.6 Å². The highest BCUT2D eigenvalue weighted by molar-refractivity contribution is 7.90. The third kappa shape index (κ3) is 2.42. The molecule has 0 saturated heterocycles. The van der Waals surface area contributed by atoms with E-state index in [1.807, 2.05) is 6.07 Å². The van der Waals surface area contributed by atoms with Gasteiger partial charge in [0.15, 0.2) is 9.84 Å². The van der Waals surface area contributed by atoms with E-state index < -0.39 is 9.84 Å². The number of rotatable bonds is 2. The van der Waals surface area contributed by atoms with Gasteiger partial charge in [0.05, 0.1) is 10.4 Å². The highest BCUT2D eigenvalue weighted by Crippen LogP contribution is 2.25. The second-order valence-corrected chi connectivity index (χ2v) is 6.98. The number of H-pyrrole nitrogens is 1. The van der Waals surface area contributed by atoms with Crippen molar-refractivity contribution in [2.45, 2.75) is 4.90 Å². The molecule has 0 amide bonds. The van der Waals surface area contributed by atoms with Crippen LogP contribution in [0.5, 0.6) is 0 Å². The minimum absolute atomic E-state index is 0.307. The number of fused-ring (bicyclic) bond motifs is 1. The summed E-state index contributed by atoms with van der Waals surface area (Å²) in [4.78, 5) is 7.57. The highest BCUT2D eigenvalue weighted by atomic mass is 35.5. The smallest absolute Gasteiger partial charge is 0.175 e. The normalized spacial score (nSPS) is 11.9. The van der Waals surface area contributed by atoms with Gasteiger partial charge in [-0.15, -0.1) is 0 Å². The van der Waals surface area contributed by atoms with Gasteiger partial charge in [-0.25, -0.2) is 13.4 Å². The molecular weight excluding hydrogens is 296 g/mol. The molecule has 0 bridgehead atoms. The molecule has 0 aliphatic heterocycles. The van der Waals surface area contributed by atoms with E-state index in [4.69, 9.17) is 11.6 Å². The number of aromatic nitrogens is 2. The highest BCUT2D eigenvalue weighted by Gasteiger charge is 2.08. The average Bonchev–Trinajstić information content (AvgIpc) is 2.80. The summed E-state index contributed by atoms with van der Waals surface area (Å²) in [5.41, 5.74) is 2.70. The molecule has 0 aliphatic rings. The third-order valence-corrected chi connectivity index (χ3v) is 4.40. The maximum atomic E-state index is 11.4.